The molecular formula is C12H18FN5O4. The molecule has 122 valence electrons. The summed E-state index contributed by atoms with van der Waals surface area (Å²) >= 11 is 0. The first-order valence-corrected chi connectivity index (χ1v) is 6.42. The minimum Gasteiger partial charge on any atom is -0.479 e. The Labute approximate surface area is 125 Å². The SMILES string of the molecule is COc1nc(N)nc2c1ncn2C(C)(F)C(O)C(CO)OC. The van der Waals surface area contributed by atoms with Gasteiger partial charge in [0.25, 0.3) is 0 Å². The molecule has 10 heteroatoms. The molecule has 2 aromatic rings. The Kier molecular flexibility index (Phi) is 4.44. The van der Waals surface area contributed by atoms with Crippen LogP contribution in [0.1, 0.15) is 6.92 Å². The van der Waals surface area contributed by atoms with Crippen LogP contribution >= 0.6 is 0 Å². The van der Waals surface area contributed by atoms with E-state index in [1.807, 2.05) is 0 Å². The van der Waals surface area contributed by atoms with E-state index in [1.54, 1.807) is 0 Å². The lowest BCUT2D eigenvalue weighted by molar-refractivity contribution is -0.135. The number of methoxy groups -OCH3 is 2. The van der Waals surface area contributed by atoms with Crippen LogP contribution in [0.5, 0.6) is 5.88 Å². The predicted octanol–water partition coefficient (Wildman–Crippen LogP) is -0.573. The lowest BCUT2D eigenvalue weighted by Crippen LogP contribution is -2.47. The summed E-state index contributed by atoms with van der Waals surface area (Å²) in [4.78, 5) is 11.8. The zero-order chi connectivity index (χ0) is 16.5. The van der Waals surface area contributed by atoms with Crippen molar-refractivity contribution >= 4 is 17.1 Å². The van der Waals surface area contributed by atoms with E-state index in [-0.39, 0.29) is 23.0 Å². The van der Waals surface area contributed by atoms with Crippen molar-refractivity contribution < 1.29 is 24.1 Å². The van der Waals surface area contributed by atoms with E-state index in [4.69, 9.17) is 20.3 Å². The van der Waals surface area contributed by atoms with E-state index in [1.165, 1.54) is 14.2 Å². The summed E-state index contributed by atoms with van der Waals surface area (Å²) in [5, 5.41) is 19.3. The van der Waals surface area contributed by atoms with Gasteiger partial charge >= 0.3 is 0 Å². The highest BCUT2D eigenvalue weighted by molar-refractivity contribution is 5.77. The van der Waals surface area contributed by atoms with Gasteiger partial charge in [0.1, 0.15) is 12.2 Å². The molecule has 0 aliphatic heterocycles. The smallest absolute Gasteiger partial charge is 0.246 e. The summed E-state index contributed by atoms with van der Waals surface area (Å²) in [6, 6.07) is 0. The largest absolute Gasteiger partial charge is 0.479 e. The van der Waals surface area contributed by atoms with Crippen LogP contribution in [0.15, 0.2) is 6.33 Å². The number of nitrogens with zero attached hydrogens (tertiary/aromatic N) is 4. The van der Waals surface area contributed by atoms with Crippen molar-refractivity contribution in [1.82, 2.24) is 19.5 Å². The molecule has 3 unspecified atom stereocenters. The molecule has 0 bridgehead atoms. The molecule has 0 saturated heterocycles. The number of halogens is 1. The number of rotatable bonds is 6. The van der Waals surface area contributed by atoms with E-state index >= 15 is 4.39 Å². The molecule has 3 atom stereocenters. The maximum atomic E-state index is 15.1. The van der Waals surface area contributed by atoms with Gasteiger partial charge in [-0.1, -0.05) is 0 Å². The van der Waals surface area contributed by atoms with Gasteiger partial charge in [-0.3, -0.25) is 4.57 Å². The molecule has 0 saturated carbocycles. The van der Waals surface area contributed by atoms with Crippen LogP contribution < -0.4 is 10.5 Å². The first-order chi connectivity index (χ1) is 10.4. The number of hydrogen-bond donors (Lipinski definition) is 3. The Bertz CT molecular complexity index is 658. The normalized spacial score (nSPS) is 17.2. The highest BCUT2D eigenvalue weighted by Gasteiger charge is 2.41. The van der Waals surface area contributed by atoms with Crippen LogP contribution in [0, 0.1) is 0 Å². The molecule has 0 aliphatic carbocycles. The number of nitrogens with two attached hydrogens (primary N) is 1. The zero-order valence-corrected chi connectivity index (χ0v) is 12.4. The van der Waals surface area contributed by atoms with Crippen LogP contribution in [0.3, 0.4) is 0 Å². The fraction of sp³-hybridized carbons (Fsp3) is 0.583. The van der Waals surface area contributed by atoms with Crippen molar-refractivity contribution in [2.45, 2.75) is 24.9 Å². The number of fused-ring (bicyclic) bond motifs is 1. The number of nitrogen functional groups attached to an aromatic ring is 1. The van der Waals surface area contributed by atoms with Crippen molar-refractivity contribution in [2.75, 3.05) is 26.6 Å². The van der Waals surface area contributed by atoms with E-state index in [0.717, 1.165) is 17.8 Å². The van der Waals surface area contributed by atoms with Gasteiger partial charge in [-0.05, 0) is 6.92 Å². The first-order valence-electron chi connectivity index (χ1n) is 6.42. The van der Waals surface area contributed by atoms with Gasteiger partial charge < -0.3 is 25.4 Å². The fourth-order valence-electron chi connectivity index (χ4n) is 2.14. The summed E-state index contributed by atoms with van der Waals surface area (Å²) in [5.41, 5.74) is 5.82. The van der Waals surface area contributed by atoms with E-state index < -0.39 is 24.6 Å². The number of aliphatic hydroxyl groups excluding tert-OH is 2. The molecule has 2 aromatic heterocycles. The van der Waals surface area contributed by atoms with Crippen LogP contribution in [-0.2, 0) is 10.5 Å². The lowest BCUT2D eigenvalue weighted by atomic mass is 10.0. The number of anilines is 1. The molecule has 0 radical (unpaired) electrons. The second-order valence-corrected chi connectivity index (χ2v) is 4.80. The minimum atomic E-state index is -2.36. The zero-order valence-electron chi connectivity index (χ0n) is 12.4. The summed E-state index contributed by atoms with van der Waals surface area (Å²) < 4.78 is 26.0. The van der Waals surface area contributed by atoms with Crippen LogP contribution in [0.4, 0.5) is 10.3 Å². The lowest BCUT2D eigenvalue weighted by Gasteiger charge is -2.31. The average molecular weight is 315 g/mol. The second kappa shape index (κ2) is 5.99. The van der Waals surface area contributed by atoms with Crippen molar-refractivity contribution in [2.24, 2.45) is 0 Å². The van der Waals surface area contributed by atoms with E-state index in [0.29, 0.717) is 0 Å². The maximum Gasteiger partial charge on any atom is 0.246 e. The molecular weight excluding hydrogens is 297 g/mol. The fourth-order valence-corrected chi connectivity index (χ4v) is 2.14. The van der Waals surface area contributed by atoms with Crippen LogP contribution in [-0.4, -0.2) is 62.8 Å². The summed E-state index contributed by atoms with van der Waals surface area (Å²) in [5.74, 6) is -2.39. The average Bonchev–Trinajstić information content (AvgIpc) is 2.91. The quantitative estimate of drug-likeness (QED) is 0.646. The van der Waals surface area contributed by atoms with Crippen LogP contribution in [0.2, 0.25) is 0 Å². The second-order valence-electron chi connectivity index (χ2n) is 4.80. The third kappa shape index (κ3) is 2.56. The van der Waals surface area contributed by atoms with Gasteiger partial charge in [-0.25, -0.2) is 9.37 Å². The number of imidazole rings is 1. The predicted molar refractivity (Wildman–Crippen MR) is 74.9 cm³/mol. The molecule has 22 heavy (non-hydrogen) atoms. The Hall–Kier alpha value is -2.04. The molecule has 9 nitrogen and oxygen atoms in total. The topological polar surface area (TPSA) is 129 Å². The Morgan fingerprint density at radius 2 is 2.14 bits per heavy atom. The van der Waals surface area contributed by atoms with Gasteiger partial charge in [-0.2, -0.15) is 9.97 Å². The van der Waals surface area contributed by atoms with Crippen molar-refractivity contribution in [3.8, 4) is 5.88 Å². The highest BCUT2D eigenvalue weighted by Crippen LogP contribution is 2.31. The van der Waals surface area contributed by atoms with Gasteiger partial charge in [0.05, 0.1) is 20.0 Å². The van der Waals surface area contributed by atoms with E-state index in [2.05, 4.69) is 15.0 Å². The summed E-state index contributed by atoms with van der Waals surface area (Å²) in [6.45, 7) is 0.565. The van der Waals surface area contributed by atoms with Gasteiger partial charge in [0.15, 0.2) is 11.2 Å². The number of aromatic nitrogens is 4. The highest BCUT2D eigenvalue weighted by atomic mass is 19.1. The molecule has 0 aromatic carbocycles. The van der Waals surface area contributed by atoms with Gasteiger partial charge in [0.2, 0.25) is 17.6 Å². The molecule has 0 spiro atoms. The molecule has 4 N–H and O–H groups in total. The van der Waals surface area contributed by atoms with Crippen molar-refractivity contribution in [1.29, 1.82) is 0 Å². The Balaban J connectivity index is 2.56. The van der Waals surface area contributed by atoms with Gasteiger partial charge in [-0.15, -0.1) is 0 Å². The van der Waals surface area contributed by atoms with Gasteiger partial charge in [0, 0.05) is 7.11 Å². The monoisotopic (exact) mass is 315 g/mol. The number of alkyl halides is 1. The van der Waals surface area contributed by atoms with Crippen LogP contribution in [0.25, 0.3) is 11.2 Å². The third-order valence-electron chi connectivity index (χ3n) is 3.42. The number of ether oxygens (including phenoxy) is 2. The Morgan fingerprint density at radius 3 is 2.68 bits per heavy atom. The summed E-state index contributed by atoms with van der Waals surface area (Å²) in [6.07, 6.45) is -1.63. The van der Waals surface area contributed by atoms with Crippen molar-refractivity contribution in [3.05, 3.63) is 6.33 Å². The first kappa shape index (κ1) is 16.3. The Morgan fingerprint density at radius 1 is 1.45 bits per heavy atom. The number of aliphatic hydroxyl groups is 2. The maximum absolute atomic E-state index is 15.1. The number of hydrogen-bond acceptors (Lipinski definition) is 8. The molecule has 2 rings (SSSR count). The molecule has 0 aliphatic rings. The molecule has 2 heterocycles. The third-order valence-corrected chi connectivity index (χ3v) is 3.42. The minimum absolute atomic E-state index is 0.0567. The van der Waals surface area contributed by atoms with Crippen molar-refractivity contribution in [3.63, 3.8) is 0 Å². The molecule has 0 fully saturated rings. The van der Waals surface area contributed by atoms with E-state index in [9.17, 15) is 5.11 Å². The summed E-state index contributed by atoms with van der Waals surface area (Å²) in [7, 11) is 2.63. The standard InChI is InChI=1S/C12H18FN5O4/c1-12(13,8(20)6(4-19)21-2)18-5-15-7-9(18)16-11(14)17-10(7)22-3/h5-6,8,19-20H,4H2,1-3H3,(H2,14,16,17). The molecule has 0 amide bonds.